The molecule has 0 bridgehead atoms. The van der Waals surface area contributed by atoms with Gasteiger partial charge in [0.1, 0.15) is 12.4 Å². The molecule has 2 heterocycles. The van der Waals surface area contributed by atoms with Gasteiger partial charge in [0.25, 0.3) is 0 Å². The Hall–Kier alpha value is -4.17. The predicted octanol–water partition coefficient (Wildman–Crippen LogP) is 4.38. The van der Waals surface area contributed by atoms with Crippen molar-refractivity contribution in [3.8, 4) is 5.75 Å². The molecule has 2 atom stereocenters. The van der Waals surface area contributed by atoms with Crippen molar-refractivity contribution in [2.45, 2.75) is 19.6 Å². The van der Waals surface area contributed by atoms with Crippen LogP contribution in [0.2, 0.25) is 0 Å². The van der Waals surface area contributed by atoms with Gasteiger partial charge in [-0.05, 0) is 42.3 Å². The third-order valence-corrected chi connectivity index (χ3v) is 6.47. The molecule has 5 rings (SSSR count). The maximum absolute atomic E-state index is 13.8. The quantitative estimate of drug-likeness (QED) is 0.251. The summed E-state index contributed by atoms with van der Waals surface area (Å²) < 4.78 is 18.6. The first-order valence-electron chi connectivity index (χ1n) is 12.3. The third kappa shape index (κ3) is 4.80. The molecular weight excluding hydrogens is 470 g/mol. The highest BCUT2D eigenvalue weighted by molar-refractivity contribution is 6.08. The van der Waals surface area contributed by atoms with Crippen LogP contribution in [0.25, 0.3) is 11.0 Å². The molecule has 8 heteroatoms. The summed E-state index contributed by atoms with van der Waals surface area (Å²) in [5, 5.41) is 0. The molecule has 0 N–H and O–H groups in total. The number of benzene rings is 3. The number of para-hydroxylation sites is 2. The average Bonchev–Trinajstić information content (AvgIpc) is 3.31. The summed E-state index contributed by atoms with van der Waals surface area (Å²) in [5.41, 5.74) is 3.42. The van der Waals surface area contributed by atoms with E-state index < -0.39 is 17.9 Å². The van der Waals surface area contributed by atoms with E-state index in [1.54, 1.807) is 14.0 Å². The smallest absolute Gasteiger partial charge is 0.321 e. The van der Waals surface area contributed by atoms with Gasteiger partial charge in [-0.2, -0.15) is 0 Å². The molecule has 37 heavy (non-hydrogen) atoms. The van der Waals surface area contributed by atoms with Crippen LogP contribution in [0.5, 0.6) is 5.75 Å². The zero-order valence-electron chi connectivity index (χ0n) is 20.9. The number of anilines is 1. The number of carbonyl (C=O) groups excluding carboxylic acids is 2. The van der Waals surface area contributed by atoms with Gasteiger partial charge in [-0.25, -0.2) is 4.98 Å². The van der Waals surface area contributed by atoms with Crippen molar-refractivity contribution in [3.05, 3.63) is 90.0 Å². The topological polar surface area (TPSA) is 82.9 Å². The van der Waals surface area contributed by atoms with E-state index in [0.717, 1.165) is 22.2 Å². The molecular formula is C29H29N3O5. The van der Waals surface area contributed by atoms with Gasteiger partial charge in [-0.3, -0.25) is 14.5 Å². The summed E-state index contributed by atoms with van der Waals surface area (Å²) in [4.78, 5) is 33.3. The molecule has 190 valence electrons. The number of fused-ring (bicyclic) bond motifs is 3. The van der Waals surface area contributed by atoms with E-state index in [-0.39, 0.29) is 19.1 Å². The molecule has 1 amide bonds. The van der Waals surface area contributed by atoms with Crippen molar-refractivity contribution < 1.29 is 23.8 Å². The fraction of sp³-hybridized carbons (Fsp3) is 0.276. The highest BCUT2D eigenvalue weighted by atomic mass is 16.5. The summed E-state index contributed by atoms with van der Waals surface area (Å²) in [7, 11) is 1.57. The van der Waals surface area contributed by atoms with Crippen molar-refractivity contribution in [1.29, 1.82) is 0 Å². The van der Waals surface area contributed by atoms with Gasteiger partial charge in [0.15, 0.2) is 5.92 Å². The van der Waals surface area contributed by atoms with Crippen molar-refractivity contribution in [2.75, 3.05) is 31.8 Å². The lowest BCUT2D eigenvalue weighted by molar-refractivity contribution is -0.153. The lowest BCUT2D eigenvalue weighted by Gasteiger charge is -2.37. The van der Waals surface area contributed by atoms with Crippen molar-refractivity contribution in [1.82, 2.24) is 9.55 Å². The lowest BCUT2D eigenvalue weighted by atomic mass is 9.89. The van der Waals surface area contributed by atoms with Crippen LogP contribution in [0.3, 0.4) is 0 Å². The van der Waals surface area contributed by atoms with Crippen molar-refractivity contribution in [3.63, 3.8) is 0 Å². The molecule has 0 saturated heterocycles. The minimum absolute atomic E-state index is 0.178. The average molecular weight is 500 g/mol. The molecule has 4 aromatic rings. The zero-order valence-corrected chi connectivity index (χ0v) is 20.9. The van der Waals surface area contributed by atoms with Crippen LogP contribution in [-0.4, -0.2) is 48.3 Å². The van der Waals surface area contributed by atoms with Crippen LogP contribution >= 0.6 is 0 Å². The molecule has 0 saturated carbocycles. The van der Waals surface area contributed by atoms with Crippen LogP contribution in [0.1, 0.15) is 24.1 Å². The number of methoxy groups -OCH3 is 1. The predicted molar refractivity (Wildman–Crippen MR) is 139 cm³/mol. The number of rotatable bonds is 9. The molecule has 0 aliphatic carbocycles. The molecule has 1 aromatic heterocycles. The van der Waals surface area contributed by atoms with Crippen LogP contribution in [0.15, 0.2) is 78.9 Å². The second kappa shape index (κ2) is 10.8. The zero-order chi connectivity index (χ0) is 25.8. The van der Waals surface area contributed by atoms with Crippen LogP contribution in [-0.2, 0) is 25.7 Å². The van der Waals surface area contributed by atoms with E-state index >= 15 is 0 Å². The number of carbonyl (C=O) groups is 2. The summed E-state index contributed by atoms with van der Waals surface area (Å²) in [6.07, 6.45) is 0. The summed E-state index contributed by atoms with van der Waals surface area (Å²) >= 11 is 0. The Balaban J connectivity index is 1.56. The third-order valence-electron chi connectivity index (χ3n) is 6.47. The second-order valence-electron chi connectivity index (χ2n) is 8.77. The molecule has 0 unspecified atom stereocenters. The van der Waals surface area contributed by atoms with Crippen molar-refractivity contribution >= 4 is 28.9 Å². The molecule has 0 radical (unpaired) electrons. The number of imidazole rings is 1. The number of hydrogen-bond acceptors (Lipinski definition) is 6. The van der Waals surface area contributed by atoms with Gasteiger partial charge in [-0.1, -0.05) is 54.6 Å². The van der Waals surface area contributed by atoms with Gasteiger partial charge in [0, 0.05) is 7.11 Å². The van der Waals surface area contributed by atoms with Gasteiger partial charge >= 0.3 is 5.97 Å². The SMILES string of the molecule is CCOC(=O)[C@@H]1C(=O)N(CCOC)c2nc3ccccc3n2[C@H]1c1ccc(OCc2ccccc2)cc1. The summed E-state index contributed by atoms with van der Waals surface area (Å²) in [6, 6.07) is 24.5. The number of ether oxygens (including phenoxy) is 3. The fourth-order valence-electron chi connectivity index (χ4n) is 4.75. The number of esters is 1. The minimum atomic E-state index is -1.07. The highest BCUT2D eigenvalue weighted by Crippen LogP contribution is 2.41. The Morgan fingerprint density at radius 2 is 1.70 bits per heavy atom. The minimum Gasteiger partial charge on any atom is -0.489 e. The molecule has 1 aliphatic rings. The Kier molecular flexibility index (Phi) is 7.18. The van der Waals surface area contributed by atoms with E-state index in [1.807, 2.05) is 83.4 Å². The Labute approximate surface area is 215 Å². The lowest BCUT2D eigenvalue weighted by Crippen LogP contribution is -2.51. The van der Waals surface area contributed by atoms with Gasteiger partial charge in [0.05, 0.1) is 36.8 Å². The summed E-state index contributed by atoms with van der Waals surface area (Å²) in [5.74, 6) is -0.809. The second-order valence-corrected chi connectivity index (χ2v) is 8.77. The van der Waals surface area contributed by atoms with E-state index in [2.05, 4.69) is 0 Å². The van der Waals surface area contributed by atoms with E-state index in [4.69, 9.17) is 19.2 Å². The number of hydrogen-bond donors (Lipinski definition) is 0. The maximum atomic E-state index is 13.8. The molecule has 1 aliphatic heterocycles. The first-order chi connectivity index (χ1) is 18.1. The molecule has 0 fully saturated rings. The van der Waals surface area contributed by atoms with Gasteiger partial charge < -0.3 is 18.8 Å². The van der Waals surface area contributed by atoms with E-state index in [0.29, 0.717) is 24.9 Å². The molecule has 8 nitrogen and oxygen atoms in total. The first kappa shape index (κ1) is 24.5. The van der Waals surface area contributed by atoms with Crippen LogP contribution in [0, 0.1) is 5.92 Å². The van der Waals surface area contributed by atoms with Gasteiger partial charge in [-0.15, -0.1) is 0 Å². The Bertz CT molecular complexity index is 1380. The maximum Gasteiger partial charge on any atom is 0.321 e. The normalized spacial score (nSPS) is 17.0. The van der Waals surface area contributed by atoms with E-state index in [1.165, 1.54) is 4.90 Å². The molecule has 0 spiro atoms. The van der Waals surface area contributed by atoms with Crippen LogP contribution in [0.4, 0.5) is 5.95 Å². The number of nitrogens with zero attached hydrogens (tertiary/aromatic N) is 3. The molecule has 3 aromatic carbocycles. The Morgan fingerprint density at radius 1 is 0.973 bits per heavy atom. The summed E-state index contributed by atoms with van der Waals surface area (Å²) in [6.45, 7) is 2.94. The van der Waals surface area contributed by atoms with Gasteiger partial charge in [0.2, 0.25) is 11.9 Å². The van der Waals surface area contributed by atoms with Crippen molar-refractivity contribution in [2.24, 2.45) is 5.92 Å². The number of amides is 1. The number of aromatic nitrogens is 2. The monoisotopic (exact) mass is 499 g/mol. The first-order valence-corrected chi connectivity index (χ1v) is 12.3. The standard InChI is InChI=1S/C29H29N3O5/c1-3-36-28(34)25-26(21-13-15-22(16-14-21)37-19-20-9-5-4-6-10-20)32-24-12-8-7-11-23(24)30-29(32)31(27(25)33)17-18-35-2/h4-16,25-26H,3,17-19H2,1-2H3/t25-,26-/m0/s1. The van der Waals surface area contributed by atoms with Crippen LogP contribution < -0.4 is 9.64 Å². The fourth-order valence-corrected chi connectivity index (χ4v) is 4.75. The highest BCUT2D eigenvalue weighted by Gasteiger charge is 2.47. The largest absolute Gasteiger partial charge is 0.489 e. The Morgan fingerprint density at radius 3 is 2.43 bits per heavy atom. The van der Waals surface area contributed by atoms with E-state index in [9.17, 15) is 9.59 Å².